The number of aromatic nitrogens is 2. The van der Waals surface area contributed by atoms with E-state index in [4.69, 9.17) is 4.42 Å². The summed E-state index contributed by atoms with van der Waals surface area (Å²) >= 11 is 0. The molecule has 1 saturated heterocycles. The van der Waals surface area contributed by atoms with Crippen LogP contribution in [-0.4, -0.2) is 48.5 Å². The number of nitriles is 1. The van der Waals surface area contributed by atoms with E-state index < -0.39 is 15.8 Å². The number of anilines is 1. The van der Waals surface area contributed by atoms with Gasteiger partial charge in [-0.2, -0.15) is 9.57 Å². The Morgan fingerprint density at radius 1 is 1.18 bits per heavy atom. The molecule has 0 bridgehead atoms. The van der Waals surface area contributed by atoms with Crippen LogP contribution >= 0.6 is 0 Å². The molecule has 1 aromatic carbocycles. The Bertz CT molecular complexity index is 1250. The molecule has 0 aliphatic carbocycles. The average molecular weight is 399 g/mol. The minimum Gasteiger partial charge on any atom is -0.408 e. The number of nitrogens with zero attached hydrogens (tertiary/aromatic N) is 5. The van der Waals surface area contributed by atoms with Gasteiger partial charge in [-0.25, -0.2) is 18.2 Å². The first-order valence-electron chi connectivity index (χ1n) is 8.61. The maximum atomic E-state index is 13.0. The molecule has 2 aromatic heterocycles. The third-order valence-electron chi connectivity index (χ3n) is 4.85. The molecule has 0 saturated carbocycles. The maximum absolute atomic E-state index is 13.0. The van der Waals surface area contributed by atoms with Gasteiger partial charge in [0.05, 0.1) is 16.0 Å². The van der Waals surface area contributed by atoms with Gasteiger partial charge in [0.25, 0.3) is 0 Å². The molecule has 10 heteroatoms. The Kier molecular flexibility index (Phi) is 4.41. The van der Waals surface area contributed by atoms with Crippen LogP contribution in [0.3, 0.4) is 0 Å². The number of sulfonamides is 1. The van der Waals surface area contributed by atoms with Gasteiger partial charge in [-0.3, -0.25) is 4.57 Å². The Hall–Kier alpha value is -3.16. The normalized spacial score (nSPS) is 15.6. The van der Waals surface area contributed by atoms with E-state index in [-0.39, 0.29) is 23.6 Å². The zero-order valence-corrected chi connectivity index (χ0v) is 15.9. The number of oxazole rings is 1. The molecular weight excluding hydrogens is 382 g/mol. The summed E-state index contributed by atoms with van der Waals surface area (Å²) in [5.74, 6) is 0.0244. The van der Waals surface area contributed by atoms with Crippen molar-refractivity contribution in [3.05, 3.63) is 52.6 Å². The van der Waals surface area contributed by atoms with Crippen LogP contribution in [0.5, 0.6) is 0 Å². The van der Waals surface area contributed by atoms with Gasteiger partial charge in [0.2, 0.25) is 10.0 Å². The molecule has 0 N–H and O–H groups in total. The largest absolute Gasteiger partial charge is 0.419 e. The van der Waals surface area contributed by atoms with Crippen LogP contribution in [0.15, 0.2) is 50.6 Å². The number of pyridine rings is 1. The van der Waals surface area contributed by atoms with Crippen molar-refractivity contribution in [3.63, 3.8) is 0 Å². The smallest absolute Gasteiger partial charge is 0.408 e. The lowest BCUT2D eigenvalue weighted by Gasteiger charge is -2.34. The monoisotopic (exact) mass is 399 g/mol. The number of fused-ring (bicyclic) bond motifs is 1. The fourth-order valence-electron chi connectivity index (χ4n) is 3.30. The number of hydrogen-bond acceptors (Lipinski definition) is 7. The lowest BCUT2D eigenvalue weighted by molar-refractivity contribution is 0.383. The SMILES string of the molecule is Cn1c(=O)oc2cc(S(=O)(=O)N3CCN(c4ncccc4C#N)CC3)ccc21. The Labute approximate surface area is 161 Å². The van der Waals surface area contributed by atoms with E-state index in [0.29, 0.717) is 30.0 Å². The van der Waals surface area contributed by atoms with Crippen molar-refractivity contribution in [1.29, 1.82) is 5.26 Å². The van der Waals surface area contributed by atoms with Crippen LogP contribution < -0.4 is 10.7 Å². The van der Waals surface area contributed by atoms with Gasteiger partial charge >= 0.3 is 5.76 Å². The van der Waals surface area contributed by atoms with E-state index in [2.05, 4.69) is 11.1 Å². The summed E-state index contributed by atoms with van der Waals surface area (Å²) < 4.78 is 33.8. The van der Waals surface area contributed by atoms with Gasteiger partial charge < -0.3 is 9.32 Å². The highest BCUT2D eigenvalue weighted by Crippen LogP contribution is 2.24. The molecule has 144 valence electrons. The zero-order valence-electron chi connectivity index (χ0n) is 15.1. The second kappa shape index (κ2) is 6.78. The fraction of sp³-hybridized carbons (Fsp3) is 0.278. The molecule has 1 aliphatic rings. The van der Waals surface area contributed by atoms with Crippen molar-refractivity contribution >= 4 is 26.9 Å². The predicted molar refractivity (Wildman–Crippen MR) is 101 cm³/mol. The summed E-state index contributed by atoms with van der Waals surface area (Å²) in [6.45, 7) is 1.38. The molecule has 4 rings (SSSR count). The van der Waals surface area contributed by atoms with Gasteiger partial charge in [0.15, 0.2) is 5.58 Å². The van der Waals surface area contributed by atoms with Crippen molar-refractivity contribution in [3.8, 4) is 6.07 Å². The van der Waals surface area contributed by atoms with Crippen molar-refractivity contribution in [2.45, 2.75) is 4.90 Å². The molecule has 3 aromatic rings. The first kappa shape index (κ1) is 18.2. The fourth-order valence-corrected chi connectivity index (χ4v) is 4.74. The van der Waals surface area contributed by atoms with Crippen LogP contribution in [0, 0.1) is 11.3 Å². The van der Waals surface area contributed by atoms with Crippen LogP contribution in [-0.2, 0) is 17.1 Å². The van der Waals surface area contributed by atoms with E-state index in [9.17, 15) is 18.5 Å². The van der Waals surface area contributed by atoms with E-state index in [1.165, 1.54) is 21.0 Å². The van der Waals surface area contributed by atoms with Crippen LogP contribution in [0.4, 0.5) is 5.82 Å². The van der Waals surface area contributed by atoms with Crippen LogP contribution in [0.25, 0.3) is 11.1 Å². The minimum atomic E-state index is -3.73. The van der Waals surface area contributed by atoms with E-state index in [1.54, 1.807) is 31.4 Å². The van der Waals surface area contributed by atoms with E-state index in [1.807, 2.05) is 4.90 Å². The Morgan fingerprint density at radius 2 is 1.93 bits per heavy atom. The van der Waals surface area contributed by atoms with Gasteiger partial charge in [0, 0.05) is 45.5 Å². The zero-order chi connectivity index (χ0) is 19.9. The van der Waals surface area contributed by atoms with Gasteiger partial charge in [-0.05, 0) is 24.3 Å². The first-order valence-corrected chi connectivity index (χ1v) is 10.1. The van der Waals surface area contributed by atoms with Gasteiger partial charge in [-0.1, -0.05) is 0 Å². The molecule has 3 heterocycles. The molecular formula is C18H17N5O4S. The molecule has 1 aliphatic heterocycles. The van der Waals surface area contributed by atoms with Gasteiger partial charge in [-0.15, -0.1) is 0 Å². The third kappa shape index (κ3) is 2.94. The molecule has 0 amide bonds. The molecule has 0 unspecified atom stereocenters. The molecule has 28 heavy (non-hydrogen) atoms. The van der Waals surface area contributed by atoms with Crippen molar-refractivity contribution in [2.75, 3.05) is 31.1 Å². The van der Waals surface area contributed by atoms with Crippen molar-refractivity contribution in [2.24, 2.45) is 7.05 Å². The third-order valence-corrected chi connectivity index (χ3v) is 6.74. The predicted octanol–water partition coefficient (Wildman–Crippen LogP) is 0.909. The molecule has 0 spiro atoms. The van der Waals surface area contributed by atoms with E-state index >= 15 is 0 Å². The molecule has 0 radical (unpaired) electrons. The highest BCUT2D eigenvalue weighted by atomic mass is 32.2. The second-order valence-electron chi connectivity index (χ2n) is 6.43. The quantitative estimate of drug-likeness (QED) is 0.643. The highest BCUT2D eigenvalue weighted by molar-refractivity contribution is 7.89. The maximum Gasteiger partial charge on any atom is 0.419 e. The number of hydrogen-bond donors (Lipinski definition) is 0. The summed E-state index contributed by atoms with van der Waals surface area (Å²) in [6, 6.07) is 9.92. The summed E-state index contributed by atoms with van der Waals surface area (Å²) in [7, 11) is -2.16. The van der Waals surface area contributed by atoms with E-state index in [0.717, 1.165) is 0 Å². The van der Waals surface area contributed by atoms with Crippen LogP contribution in [0.2, 0.25) is 0 Å². The first-order chi connectivity index (χ1) is 13.4. The summed E-state index contributed by atoms with van der Waals surface area (Å²) in [5.41, 5.74) is 1.23. The number of aryl methyl sites for hydroxylation is 1. The number of rotatable bonds is 3. The summed E-state index contributed by atoms with van der Waals surface area (Å²) in [4.78, 5) is 17.9. The second-order valence-corrected chi connectivity index (χ2v) is 8.37. The molecule has 0 atom stereocenters. The standard InChI is InChI=1S/C18H17N5O4S/c1-21-15-5-4-14(11-16(15)27-18(21)24)28(25,26)23-9-7-22(8-10-23)17-13(12-19)3-2-6-20-17/h2-6,11H,7-10H2,1H3. The van der Waals surface area contributed by atoms with Crippen LogP contribution in [0.1, 0.15) is 5.56 Å². The van der Waals surface area contributed by atoms with Gasteiger partial charge in [0.1, 0.15) is 11.9 Å². The lowest BCUT2D eigenvalue weighted by Crippen LogP contribution is -2.49. The lowest BCUT2D eigenvalue weighted by atomic mass is 10.2. The summed E-state index contributed by atoms with van der Waals surface area (Å²) in [6.07, 6.45) is 1.61. The Balaban J connectivity index is 1.57. The highest BCUT2D eigenvalue weighted by Gasteiger charge is 2.30. The minimum absolute atomic E-state index is 0.0818. The molecule has 1 fully saturated rings. The van der Waals surface area contributed by atoms with Crippen molar-refractivity contribution in [1.82, 2.24) is 13.9 Å². The molecule has 9 nitrogen and oxygen atoms in total. The number of benzene rings is 1. The number of piperazine rings is 1. The topological polar surface area (TPSA) is 112 Å². The summed E-state index contributed by atoms with van der Waals surface area (Å²) in [5, 5.41) is 9.23. The Morgan fingerprint density at radius 3 is 2.64 bits per heavy atom. The van der Waals surface area contributed by atoms with Crippen molar-refractivity contribution < 1.29 is 12.8 Å². The average Bonchev–Trinajstić information content (AvgIpc) is 3.01.